The van der Waals surface area contributed by atoms with Crippen molar-refractivity contribution in [2.75, 3.05) is 6.54 Å². The highest BCUT2D eigenvalue weighted by Gasteiger charge is 2.25. The van der Waals surface area contributed by atoms with Gasteiger partial charge in [0.2, 0.25) is 0 Å². The van der Waals surface area contributed by atoms with Gasteiger partial charge in [-0.1, -0.05) is 6.07 Å². The summed E-state index contributed by atoms with van der Waals surface area (Å²) >= 11 is 0. The molecule has 3 rings (SSSR count). The third-order valence-electron chi connectivity index (χ3n) is 4.27. The van der Waals surface area contributed by atoms with Crippen molar-refractivity contribution in [2.45, 2.75) is 50.5 Å². The fraction of sp³-hybridized carbons (Fsp3) is 0.600. The Balaban J connectivity index is 1.78. The molecule has 0 amide bonds. The molecule has 2 atom stereocenters. The quantitative estimate of drug-likeness (QED) is 0.825. The van der Waals surface area contributed by atoms with Gasteiger partial charge in [-0.05, 0) is 74.2 Å². The van der Waals surface area contributed by atoms with Gasteiger partial charge in [0, 0.05) is 6.04 Å². The van der Waals surface area contributed by atoms with Crippen LogP contribution in [0.2, 0.25) is 0 Å². The number of rotatable bonds is 2. The highest BCUT2D eigenvalue weighted by Crippen LogP contribution is 2.36. The molecule has 1 N–H and O–H groups in total. The average Bonchev–Trinajstić information content (AvgIpc) is 2.82. The molecule has 1 aromatic rings. The lowest BCUT2D eigenvalue weighted by molar-refractivity contribution is 0.444. The fourth-order valence-corrected chi connectivity index (χ4v) is 3.43. The Morgan fingerprint density at radius 2 is 2.18 bits per heavy atom. The molecule has 2 unspecified atom stereocenters. The SMILES string of the molecule is Fc1ccc2c(c1)CCCC2CC1CCCN1. The predicted molar refractivity (Wildman–Crippen MR) is 67.7 cm³/mol. The van der Waals surface area contributed by atoms with Gasteiger partial charge in [0.15, 0.2) is 0 Å². The van der Waals surface area contributed by atoms with Crippen LogP contribution in [0.5, 0.6) is 0 Å². The zero-order valence-corrected chi connectivity index (χ0v) is 10.2. The van der Waals surface area contributed by atoms with E-state index in [1.54, 1.807) is 12.1 Å². The van der Waals surface area contributed by atoms with E-state index in [0.717, 1.165) is 6.42 Å². The molecule has 2 aliphatic rings. The summed E-state index contributed by atoms with van der Waals surface area (Å²) in [6.45, 7) is 1.17. The summed E-state index contributed by atoms with van der Waals surface area (Å²) < 4.78 is 13.2. The van der Waals surface area contributed by atoms with Crippen molar-refractivity contribution >= 4 is 0 Å². The monoisotopic (exact) mass is 233 g/mol. The van der Waals surface area contributed by atoms with E-state index in [2.05, 4.69) is 5.32 Å². The van der Waals surface area contributed by atoms with Crippen molar-refractivity contribution in [3.8, 4) is 0 Å². The van der Waals surface area contributed by atoms with Crippen LogP contribution in [0.3, 0.4) is 0 Å². The van der Waals surface area contributed by atoms with E-state index in [4.69, 9.17) is 0 Å². The maximum atomic E-state index is 13.2. The van der Waals surface area contributed by atoms with Crippen LogP contribution < -0.4 is 5.32 Å². The second-order valence-corrected chi connectivity index (χ2v) is 5.46. The Hall–Kier alpha value is -0.890. The van der Waals surface area contributed by atoms with E-state index < -0.39 is 0 Å². The highest BCUT2D eigenvalue weighted by molar-refractivity contribution is 5.33. The van der Waals surface area contributed by atoms with E-state index in [-0.39, 0.29) is 5.82 Å². The number of halogens is 1. The molecule has 1 aromatic carbocycles. The standard InChI is InChI=1S/C15H20FN/c16-13-6-7-15-11(9-13)3-1-4-12(15)10-14-5-2-8-17-14/h6-7,9,12,14,17H,1-5,8,10H2. The van der Waals surface area contributed by atoms with Gasteiger partial charge >= 0.3 is 0 Å². The van der Waals surface area contributed by atoms with Crippen molar-refractivity contribution < 1.29 is 4.39 Å². The first-order valence-corrected chi connectivity index (χ1v) is 6.84. The van der Waals surface area contributed by atoms with Crippen molar-refractivity contribution in [3.05, 3.63) is 35.1 Å². The second kappa shape index (κ2) is 4.77. The van der Waals surface area contributed by atoms with Crippen LogP contribution in [0.1, 0.15) is 49.1 Å². The molecule has 0 bridgehead atoms. The molecule has 1 aliphatic carbocycles. The van der Waals surface area contributed by atoms with E-state index >= 15 is 0 Å². The van der Waals surface area contributed by atoms with Gasteiger partial charge in [0.1, 0.15) is 5.82 Å². The van der Waals surface area contributed by atoms with Gasteiger partial charge in [-0.2, -0.15) is 0 Å². The van der Waals surface area contributed by atoms with Crippen LogP contribution >= 0.6 is 0 Å². The molecular weight excluding hydrogens is 213 g/mol. The summed E-state index contributed by atoms with van der Waals surface area (Å²) in [4.78, 5) is 0. The first-order valence-electron chi connectivity index (χ1n) is 6.84. The molecule has 0 saturated carbocycles. The second-order valence-electron chi connectivity index (χ2n) is 5.46. The number of hydrogen-bond acceptors (Lipinski definition) is 1. The van der Waals surface area contributed by atoms with Gasteiger partial charge < -0.3 is 5.32 Å². The van der Waals surface area contributed by atoms with E-state index in [0.29, 0.717) is 12.0 Å². The van der Waals surface area contributed by atoms with Crippen LogP contribution in [-0.2, 0) is 6.42 Å². The Morgan fingerprint density at radius 3 is 3.00 bits per heavy atom. The fourth-order valence-electron chi connectivity index (χ4n) is 3.43. The summed E-state index contributed by atoms with van der Waals surface area (Å²) in [6.07, 6.45) is 7.41. The molecule has 2 heteroatoms. The summed E-state index contributed by atoms with van der Waals surface area (Å²) in [5.41, 5.74) is 2.66. The maximum absolute atomic E-state index is 13.2. The minimum Gasteiger partial charge on any atom is -0.314 e. The lowest BCUT2D eigenvalue weighted by atomic mass is 9.79. The molecule has 1 aliphatic heterocycles. The number of fused-ring (bicyclic) bond motifs is 1. The van der Waals surface area contributed by atoms with E-state index in [9.17, 15) is 4.39 Å². The van der Waals surface area contributed by atoms with Crippen LogP contribution in [-0.4, -0.2) is 12.6 Å². The Kier molecular flexibility index (Phi) is 3.15. The smallest absolute Gasteiger partial charge is 0.123 e. The average molecular weight is 233 g/mol. The van der Waals surface area contributed by atoms with Gasteiger partial charge in [-0.25, -0.2) is 4.39 Å². The summed E-state index contributed by atoms with van der Waals surface area (Å²) in [6, 6.07) is 6.07. The number of nitrogens with one attached hydrogen (secondary N) is 1. The molecule has 1 nitrogen and oxygen atoms in total. The van der Waals surface area contributed by atoms with E-state index in [1.807, 2.05) is 6.07 Å². The first-order chi connectivity index (χ1) is 8.33. The molecular formula is C15H20FN. The minimum atomic E-state index is -0.0802. The van der Waals surface area contributed by atoms with Crippen molar-refractivity contribution in [2.24, 2.45) is 0 Å². The van der Waals surface area contributed by atoms with Crippen molar-refractivity contribution in [1.82, 2.24) is 5.32 Å². The molecule has 0 spiro atoms. The van der Waals surface area contributed by atoms with Gasteiger partial charge in [-0.3, -0.25) is 0 Å². The van der Waals surface area contributed by atoms with Crippen LogP contribution in [0.25, 0.3) is 0 Å². The zero-order valence-electron chi connectivity index (χ0n) is 10.2. The lowest BCUT2D eigenvalue weighted by Gasteiger charge is -2.27. The van der Waals surface area contributed by atoms with Gasteiger partial charge in [-0.15, -0.1) is 0 Å². The van der Waals surface area contributed by atoms with Gasteiger partial charge in [0.25, 0.3) is 0 Å². The highest BCUT2D eigenvalue weighted by atomic mass is 19.1. The number of aryl methyl sites for hydroxylation is 1. The molecule has 1 heterocycles. The number of hydrogen-bond donors (Lipinski definition) is 1. The minimum absolute atomic E-state index is 0.0802. The number of benzene rings is 1. The Labute approximate surface area is 102 Å². The topological polar surface area (TPSA) is 12.0 Å². The summed E-state index contributed by atoms with van der Waals surface area (Å²) in [5.74, 6) is 0.568. The molecule has 1 fully saturated rings. The first kappa shape index (κ1) is 11.2. The maximum Gasteiger partial charge on any atom is 0.123 e. The predicted octanol–water partition coefficient (Wildman–Crippen LogP) is 3.39. The van der Waals surface area contributed by atoms with Crippen molar-refractivity contribution in [1.29, 1.82) is 0 Å². The molecule has 1 saturated heterocycles. The third-order valence-corrected chi connectivity index (χ3v) is 4.27. The van der Waals surface area contributed by atoms with Crippen LogP contribution in [0.4, 0.5) is 4.39 Å². The van der Waals surface area contributed by atoms with E-state index in [1.165, 1.54) is 49.8 Å². The largest absolute Gasteiger partial charge is 0.314 e. The molecule has 17 heavy (non-hydrogen) atoms. The Morgan fingerprint density at radius 1 is 1.24 bits per heavy atom. The normalized spacial score (nSPS) is 28.1. The zero-order chi connectivity index (χ0) is 11.7. The lowest BCUT2D eigenvalue weighted by Crippen LogP contribution is -2.25. The van der Waals surface area contributed by atoms with Crippen LogP contribution in [0.15, 0.2) is 18.2 Å². The molecule has 0 aromatic heterocycles. The van der Waals surface area contributed by atoms with Crippen LogP contribution in [0, 0.1) is 5.82 Å². The summed E-state index contributed by atoms with van der Waals surface area (Å²) in [7, 11) is 0. The summed E-state index contributed by atoms with van der Waals surface area (Å²) in [5, 5.41) is 3.57. The van der Waals surface area contributed by atoms with Crippen molar-refractivity contribution in [3.63, 3.8) is 0 Å². The third kappa shape index (κ3) is 2.37. The molecule has 0 radical (unpaired) electrons. The Bertz CT molecular complexity index is 396. The molecule has 92 valence electrons. The van der Waals surface area contributed by atoms with Gasteiger partial charge in [0.05, 0.1) is 0 Å².